The molecule has 0 amide bonds. The third-order valence-electron chi connectivity index (χ3n) is 3.30. The van der Waals surface area contributed by atoms with E-state index >= 15 is 0 Å². The topological polar surface area (TPSA) is 69.4 Å². The van der Waals surface area contributed by atoms with Crippen LogP contribution in [0.3, 0.4) is 0 Å². The predicted molar refractivity (Wildman–Crippen MR) is 60.9 cm³/mol. The highest BCUT2D eigenvalue weighted by Gasteiger charge is 2.50. The Morgan fingerprint density at radius 3 is 2.67 bits per heavy atom. The number of carbonyl (C=O) groups excluding carboxylic acids is 1. The van der Waals surface area contributed by atoms with Gasteiger partial charge in [0.25, 0.3) is 0 Å². The molecule has 1 aliphatic carbocycles. The van der Waals surface area contributed by atoms with Gasteiger partial charge in [-0.2, -0.15) is 0 Å². The third kappa shape index (κ3) is 1.83. The molecule has 0 bridgehead atoms. The average molecular weight is 253 g/mol. The maximum Gasteiger partial charge on any atom is 0.314 e. The van der Waals surface area contributed by atoms with Gasteiger partial charge in [0.1, 0.15) is 11.9 Å². The Bertz CT molecular complexity index is 527. The van der Waals surface area contributed by atoms with Gasteiger partial charge in [-0.3, -0.25) is 14.9 Å². The molecule has 1 atom stereocenters. The van der Waals surface area contributed by atoms with Crippen molar-refractivity contribution in [2.24, 2.45) is 5.41 Å². The van der Waals surface area contributed by atoms with E-state index in [1.807, 2.05) is 0 Å². The van der Waals surface area contributed by atoms with Crippen LogP contribution in [0.2, 0.25) is 0 Å². The van der Waals surface area contributed by atoms with Crippen molar-refractivity contribution in [3.05, 3.63) is 34.1 Å². The van der Waals surface area contributed by atoms with E-state index in [1.165, 1.54) is 12.1 Å². The summed E-state index contributed by atoms with van der Waals surface area (Å²) < 4.78 is 18.9. The maximum absolute atomic E-state index is 13.6. The van der Waals surface area contributed by atoms with E-state index in [1.54, 1.807) is 13.8 Å². The first-order chi connectivity index (χ1) is 8.34. The van der Waals surface area contributed by atoms with Crippen LogP contribution in [-0.4, -0.2) is 16.8 Å². The highest BCUT2D eigenvalue weighted by molar-refractivity contribution is 5.91. The van der Waals surface area contributed by atoms with Crippen LogP contribution in [0.5, 0.6) is 5.75 Å². The lowest BCUT2D eigenvalue weighted by Crippen LogP contribution is -2.53. The number of Topliss-reactive ketones (excluding diaryl/α,β-unsaturated/α-hetero) is 1. The lowest BCUT2D eigenvalue weighted by atomic mass is 9.68. The molecule has 0 N–H and O–H groups in total. The van der Waals surface area contributed by atoms with E-state index in [4.69, 9.17) is 4.74 Å². The number of nitrogens with zero attached hydrogens (tertiary/aromatic N) is 1. The first-order valence-corrected chi connectivity index (χ1v) is 5.47. The number of halogens is 1. The molecule has 1 unspecified atom stereocenters. The molecule has 1 aromatic carbocycles. The largest absolute Gasteiger partial charge is 0.480 e. The number of hydrogen-bond acceptors (Lipinski definition) is 4. The summed E-state index contributed by atoms with van der Waals surface area (Å²) in [6.45, 7) is 3.35. The van der Waals surface area contributed by atoms with Crippen LogP contribution in [0.4, 0.5) is 10.1 Å². The zero-order chi connectivity index (χ0) is 13.5. The first-order valence-electron chi connectivity index (χ1n) is 5.47. The van der Waals surface area contributed by atoms with Gasteiger partial charge in [0, 0.05) is 12.5 Å². The SMILES string of the molecule is CC1(C)C(=O)CC1Oc1c(F)cccc1[N+](=O)[O-]. The summed E-state index contributed by atoms with van der Waals surface area (Å²) in [6, 6.07) is 3.51. The van der Waals surface area contributed by atoms with E-state index < -0.39 is 33.7 Å². The zero-order valence-electron chi connectivity index (χ0n) is 9.97. The van der Waals surface area contributed by atoms with Gasteiger partial charge in [-0.25, -0.2) is 4.39 Å². The van der Waals surface area contributed by atoms with E-state index in [0.717, 1.165) is 6.07 Å². The number of nitro benzene ring substituents is 1. The molecule has 1 aromatic rings. The molecule has 1 aliphatic rings. The molecule has 0 heterocycles. The van der Waals surface area contributed by atoms with Crippen LogP contribution in [0.25, 0.3) is 0 Å². The van der Waals surface area contributed by atoms with Gasteiger partial charge in [0.2, 0.25) is 5.75 Å². The summed E-state index contributed by atoms with van der Waals surface area (Å²) in [7, 11) is 0. The van der Waals surface area contributed by atoms with Crippen LogP contribution in [-0.2, 0) is 4.79 Å². The Labute approximate surface area is 103 Å². The standard InChI is InChI=1S/C12H12FNO4/c1-12(2)9(15)6-10(12)18-11-7(13)4-3-5-8(11)14(16)17/h3-5,10H,6H2,1-2H3. The Balaban J connectivity index is 2.30. The highest BCUT2D eigenvalue weighted by atomic mass is 19.1. The fourth-order valence-electron chi connectivity index (χ4n) is 1.82. The minimum Gasteiger partial charge on any atom is -0.480 e. The van der Waals surface area contributed by atoms with Gasteiger partial charge in [-0.05, 0) is 19.9 Å². The van der Waals surface area contributed by atoms with Gasteiger partial charge >= 0.3 is 5.69 Å². The number of nitro groups is 1. The molecule has 2 rings (SSSR count). The Kier molecular flexibility index (Phi) is 2.80. The molecule has 18 heavy (non-hydrogen) atoms. The molecule has 5 nitrogen and oxygen atoms in total. The zero-order valence-corrected chi connectivity index (χ0v) is 9.97. The highest BCUT2D eigenvalue weighted by Crippen LogP contribution is 2.41. The Hall–Kier alpha value is -1.98. The maximum atomic E-state index is 13.6. The van der Waals surface area contributed by atoms with Crippen LogP contribution < -0.4 is 4.74 Å². The van der Waals surface area contributed by atoms with Gasteiger partial charge in [-0.1, -0.05) is 6.07 Å². The van der Waals surface area contributed by atoms with Gasteiger partial charge < -0.3 is 4.74 Å². The smallest absolute Gasteiger partial charge is 0.314 e. The van der Waals surface area contributed by atoms with Crippen molar-refractivity contribution < 1.29 is 18.8 Å². The second-order valence-corrected chi connectivity index (χ2v) is 4.80. The predicted octanol–water partition coefficient (Wildman–Crippen LogP) is 2.48. The van der Waals surface area contributed by atoms with Crippen molar-refractivity contribution in [3.8, 4) is 5.75 Å². The summed E-state index contributed by atoms with van der Waals surface area (Å²) in [5.74, 6) is -1.18. The van der Waals surface area contributed by atoms with Crippen LogP contribution in [0.15, 0.2) is 18.2 Å². The lowest BCUT2D eigenvalue weighted by Gasteiger charge is -2.41. The van der Waals surface area contributed by atoms with Crippen LogP contribution in [0.1, 0.15) is 20.3 Å². The Morgan fingerprint density at radius 1 is 1.50 bits per heavy atom. The average Bonchev–Trinajstić information content (AvgIpc) is 2.30. The van der Waals surface area contributed by atoms with E-state index in [9.17, 15) is 19.3 Å². The number of ether oxygens (including phenoxy) is 1. The van der Waals surface area contributed by atoms with Crippen molar-refractivity contribution in [2.75, 3.05) is 0 Å². The Morgan fingerprint density at radius 2 is 2.17 bits per heavy atom. The number of para-hydroxylation sites is 1. The fourth-order valence-corrected chi connectivity index (χ4v) is 1.82. The molecular weight excluding hydrogens is 241 g/mol. The number of ketones is 1. The summed E-state index contributed by atoms with van der Waals surface area (Å²) >= 11 is 0. The summed E-state index contributed by atoms with van der Waals surface area (Å²) in [6.07, 6.45) is -0.376. The minimum absolute atomic E-state index is 0.00601. The summed E-state index contributed by atoms with van der Waals surface area (Å²) in [4.78, 5) is 21.4. The van der Waals surface area contributed by atoms with Crippen molar-refractivity contribution in [1.82, 2.24) is 0 Å². The molecular formula is C12H12FNO4. The second-order valence-electron chi connectivity index (χ2n) is 4.80. The van der Waals surface area contributed by atoms with Crippen molar-refractivity contribution >= 4 is 11.5 Å². The van der Waals surface area contributed by atoms with E-state index in [2.05, 4.69) is 0 Å². The second kappa shape index (κ2) is 4.04. The number of rotatable bonds is 3. The molecule has 1 fully saturated rings. The van der Waals surface area contributed by atoms with Gasteiger partial charge in [0.05, 0.1) is 10.3 Å². The number of benzene rings is 1. The minimum atomic E-state index is -0.792. The molecule has 0 aliphatic heterocycles. The fraction of sp³-hybridized carbons (Fsp3) is 0.417. The van der Waals surface area contributed by atoms with Gasteiger partial charge in [-0.15, -0.1) is 0 Å². The van der Waals surface area contributed by atoms with Crippen molar-refractivity contribution in [1.29, 1.82) is 0 Å². The first kappa shape index (κ1) is 12.5. The third-order valence-corrected chi connectivity index (χ3v) is 3.30. The molecule has 0 saturated heterocycles. The normalized spacial score (nSPS) is 21.3. The van der Waals surface area contributed by atoms with E-state index in [-0.39, 0.29) is 12.2 Å². The monoisotopic (exact) mass is 253 g/mol. The summed E-state index contributed by atoms with van der Waals surface area (Å²) in [5.41, 5.74) is -1.15. The lowest BCUT2D eigenvalue weighted by molar-refractivity contribution is -0.386. The molecule has 0 aromatic heterocycles. The molecule has 1 saturated carbocycles. The molecule has 0 radical (unpaired) electrons. The quantitative estimate of drug-likeness (QED) is 0.613. The van der Waals surface area contributed by atoms with Crippen LogP contribution >= 0.6 is 0 Å². The number of carbonyl (C=O) groups is 1. The molecule has 6 heteroatoms. The van der Waals surface area contributed by atoms with Gasteiger partial charge in [0.15, 0.2) is 5.82 Å². The molecule has 96 valence electrons. The van der Waals surface area contributed by atoms with Crippen LogP contribution in [0, 0.1) is 21.3 Å². The van der Waals surface area contributed by atoms with E-state index in [0.29, 0.717) is 0 Å². The molecule has 0 spiro atoms. The van der Waals surface area contributed by atoms with Crippen molar-refractivity contribution in [3.63, 3.8) is 0 Å². The number of hydrogen-bond donors (Lipinski definition) is 0. The van der Waals surface area contributed by atoms with Crippen molar-refractivity contribution in [2.45, 2.75) is 26.4 Å². The summed E-state index contributed by atoms with van der Waals surface area (Å²) in [5, 5.41) is 10.8.